The second-order valence-electron chi connectivity index (χ2n) is 5.57. The molecule has 0 fully saturated rings. The third-order valence-electron chi connectivity index (χ3n) is 2.51. The quantitative estimate of drug-likeness (QED) is 0.693. The minimum absolute atomic E-state index is 0.227. The fourth-order valence-corrected chi connectivity index (χ4v) is 1.46. The maximum absolute atomic E-state index is 9.77. The summed E-state index contributed by atoms with van der Waals surface area (Å²) in [7, 11) is 0. The van der Waals surface area contributed by atoms with Gasteiger partial charge in [0.15, 0.2) is 0 Å². The zero-order valence-corrected chi connectivity index (χ0v) is 9.72. The van der Waals surface area contributed by atoms with Gasteiger partial charge in [-0.1, -0.05) is 27.2 Å². The van der Waals surface area contributed by atoms with E-state index in [4.69, 9.17) is 5.73 Å². The molecule has 0 aromatic carbocycles. The summed E-state index contributed by atoms with van der Waals surface area (Å²) in [6.07, 6.45) is 2.34. The molecule has 0 rings (SSSR count). The van der Waals surface area contributed by atoms with Gasteiger partial charge in [0.2, 0.25) is 0 Å². The molecule has 0 aliphatic carbocycles. The van der Waals surface area contributed by atoms with Crippen molar-refractivity contribution in [2.24, 2.45) is 11.1 Å². The Hall–Kier alpha value is -0.0800. The van der Waals surface area contributed by atoms with Crippen molar-refractivity contribution in [3.63, 3.8) is 0 Å². The molecule has 0 aromatic heterocycles. The highest BCUT2D eigenvalue weighted by atomic mass is 16.3. The average molecular weight is 187 g/mol. The molecule has 80 valence electrons. The van der Waals surface area contributed by atoms with Crippen LogP contribution < -0.4 is 5.73 Å². The lowest BCUT2D eigenvalue weighted by Crippen LogP contribution is -2.37. The number of hydrogen-bond acceptors (Lipinski definition) is 2. The molecule has 0 aliphatic rings. The highest BCUT2D eigenvalue weighted by Gasteiger charge is 2.23. The van der Waals surface area contributed by atoms with E-state index in [1.54, 1.807) is 0 Å². The first kappa shape index (κ1) is 12.9. The topological polar surface area (TPSA) is 46.2 Å². The molecule has 0 spiro atoms. The van der Waals surface area contributed by atoms with E-state index in [-0.39, 0.29) is 17.1 Å². The van der Waals surface area contributed by atoms with Crippen molar-refractivity contribution in [3.05, 3.63) is 0 Å². The summed E-state index contributed by atoms with van der Waals surface area (Å²) >= 11 is 0. The predicted octanol–water partition coefficient (Wildman–Crippen LogP) is 2.30. The molecule has 1 atom stereocenters. The maximum atomic E-state index is 9.77. The lowest BCUT2D eigenvalue weighted by Gasteiger charge is -2.29. The van der Waals surface area contributed by atoms with E-state index in [9.17, 15) is 5.11 Å². The number of rotatable bonds is 5. The van der Waals surface area contributed by atoms with Gasteiger partial charge in [0.05, 0.1) is 6.10 Å². The molecular formula is C11H25NO. The van der Waals surface area contributed by atoms with Crippen LogP contribution in [0.4, 0.5) is 0 Å². The molecule has 0 radical (unpaired) electrons. The lowest BCUT2D eigenvalue weighted by atomic mass is 9.81. The van der Waals surface area contributed by atoms with E-state index in [0.717, 1.165) is 12.8 Å². The first-order valence-electron chi connectivity index (χ1n) is 5.13. The normalized spacial score (nSPS) is 15.9. The Morgan fingerprint density at radius 1 is 1.15 bits per heavy atom. The second kappa shape index (κ2) is 4.43. The van der Waals surface area contributed by atoms with Gasteiger partial charge in [-0.15, -0.1) is 0 Å². The third kappa shape index (κ3) is 7.03. The van der Waals surface area contributed by atoms with E-state index in [1.807, 2.05) is 13.8 Å². The lowest BCUT2D eigenvalue weighted by molar-refractivity contribution is 0.0873. The third-order valence-corrected chi connectivity index (χ3v) is 2.51. The predicted molar refractivity (Wildman–Crippen MR) is 57.6 cm³/mol. The van der Waals surface area contributed by atoms with Gasteiger partial charge in [-0.05, 0) is 32.1 Å². The zero-order chi connectivity index (χ0) is 10.7. The van der Waals surface area contributed by atoms with Gasteiger partial charge in [-0.2, -0.15) is 0 Å². The van der Waals surface area contributed by atoms with Crippen molar-refractivity contribution in [2.75, 3.05) is 0 Å². The van der Waals surface area contributed by atoms with E-state index in [2.05, 4.69) is 20.8 Å². The largest absolute Gasteiger partial charge is 0.393 e. The molecule has 1 unspecified atom stereocenters. The van der Waals surface area contributed by atoms with E-state index >= 15 is 0 Å². The van der Waals surface area contributed by atoms with Gasteiger partial charge >= 0.3 is 0 Å². The molecule has 2 heteroatoms. The average Bonchev–Trinajstić information content (AvgIpc) is 1.81. The Morgan fingerprint density at radius 2 is 1.62 bits per heavy atom. The van der Waals surface area contributed by atoms with Gasteiger partial charge in [0.1, 0.15) is 0 Å². The number of hydrogen-bond donors (Lipinski definition) is 2. The Morgan fingerprint density at radius 3 is 1.92 bits per heavy atom. The van der Waals surface area contributed by atoms with Crippen LogP contribution >= 0.6 is 0 Å². The minimum Gasteiger partial charge on any atom is -0.393 e. The van der Waals surface area contributed by atoms with Gasteiger partial charge in [0, 0.05) is 5.54 Å². The molecular weight excluding hydrogens is 162 g/mol. The van der Waals surface area contributed by atoms with Crippen LogP contribution in [0.1, 0.15) is 53.9 Å². The standard InChI is InChI=1S/C11H25NO/c1-6-10(2,3)7-9(13)8-11(4,5)12/h9,13H,6-8,12H2,1-5H3. The Labute approximate surface area is 82.5 Å². The Balaban J connectivity index is 3.94. The summed E-state index contributed by atoms with van der Waals surface area (Å²) in [4.78, 5) is 0. The summed E-state index contributed by atoms with van der Waals surface area (Å²) in [6, 6.07) is 0. The van der Waals surface area contributed by atoms with Crippen molar-refractivity contribution >= 4 is 0 Å². The van der Waals surface area contributed by atoms with Gasteiger partial charge in [0.25, 0.3) is 0 Å². The first-order chi connectivity index (χ1) is 5.66. The zero-order valence-electron chi connectivity index (χ0n) is 9.72. The van der Waals surface area contributed by atoms with Crippen molar-refractivity contribution in [2.45, 2.75) is 65.5 Å². The van der Waals surface area contributed by atoms with Crippen LogP contribution in [-0.4, -0.2) is 16.7 Å². The fourth-order valence-electron chi connectivity index (χ4n) is 1.46. The Bertz CT molecular complexity index is 147. The smallest absolute Gasteiger partial charge is 0.0562 e. The molecule has 3 N–H and O–H groups in total. The summed E-state index contributed by atoms with van der Waals surface area (Å²) in [6.45, 7) is 10.4. The number of aliphatic hydroxyl groups excluding tert-OH is 1. The van der Waals surface area contributed by atoms with Gasteiger partial charge in [-0.25, -0.2) is 0 Å². The summed E-state index contributed by atoms with van der Waals surface area (Å²) in [5.74, 6) is 0. The molecule has 0 saturated heterocycles. The summed E-state index contributed by atoms with van der Waals surface area (Å²) in [5, 5.41) is 9.77. The van der Waals surface area contributed by atoms with Crippen molar-refractivity contribution in [1.29, 1.82) is 0 Å². The van der Waals surface area contributed by atoms with Crippen LogP contribution in [0, 0.1) is 5.41 Å². The van der Waals surface area contributed by atoms with Crippen LogP contribution in [0.15, 0.2) is 0 Å². The molecule has 0 aliphatic heterocycles. The van der Waals surface area contributed by atoms with Crippen molar-refractivity contribution in [1.82, 2.24) is 0 Å². The Kier molecular flexibility index (Phi) is 4.40. The van der Waals surface area contributed by atoms with Gasteiger partial charge in [-0.3, -0.25) is 0 Å². The van der Waals surface area contributed by atoms with E-state index in [0.29, 0.717) is 6.42 Å². The highest BCUT2D eigenvalue weighted by Crippen LogP contribution is 2.28. The minimum atomic E-state index is -0.269. The number of aliphatic hydroxyl groups is 1. The van der Waals surface area contributed by atoms with E-state index < -0.39 is 0 Å². The van der Waals surface area contributed by atoms with E-state index in [1.165, 1.54) is 0 Å². The van der Waals surface area contributed by atoms with Crippen LogP contribution in [0.5, 0.6) is 0 Å². The van der Waals surface area contributed by atoms with Crippen LogP contribution in [0.2, 0.25) is 0 Å². The van der Waals surface area contributed by atoms with Crippen LogP contribution in [0.3, 0.4) is 0 Å². The fraction of sp³-hybridized carbons (Fsp3) is 1.00. The molecule has 13 heavy (non-hydrogen) atoms. The molecule has 0 heterocycles. The highest BCUT2D eigenvalue weighted by molar-refractivity contribution is 4.80. The number of nitrogens with two attached hydrogens (primary N) is 1. The molecule has 0 bridgehead atoms. The second-order valence-corrected chi connectivity index (χ2v) is 5.57. The maximum Gasteiger partial charge on any atom is 0.0562 e. The van der Waals surface area contributed by atoms with Crippen molar-refractivity contribution < 1.29 is 5.11 Å². The first-order valence-corrected chi connectivity index (χ1v) is 5.13. The SMILES string of the molecule is CCC(C)(C)CC(O)CC(C)(C)N. The van der Waals surface area contributed by atoms with Crippen molar-refractivity contribution in [3.8, 4) is 0 Å². The molecule has 0 amide bonds. The van der Waals surface area contributed by atoms with Crippen LogP contribution in [0.25, 0.3) is 0 Å². The monoisotopic (exact) mass is 187 g/mol. The summed E-state index contributed by atoms with van der Waals surface area (Å²) < 4.78 is 0. The summed E-state index contributed by atoms with van der Waals surface area (Å²) in [5.41, 5.74) is 5.80. The molecule has 0 aromatic rings. The van der Waals surface area contributed by atoms with Crippen LogP contribution in [-0.2, 0) is 0 Å². The molecule has 0 saturated carbocycles. The van der Waals surface area contributed by atoms with Gasteiger partial charge < -0.3 is 10.8 Å². The molecule has 2 nitrogen and oxygen atoms in total.